The Labute approximate surface area is 138 Å². The maximum Gasteiger partial charge on any atom is 0.278 e. The Morgan fingerprint density at radius 1 is 1.17 bits per heavy atom. The van der Waals surface area contributed by atoms with Crippen molar-refractivity contribution in [1.29, 1.82) is 0 Å². The predicted molar refractivity (Wildman–Crippen MR) is 79.4 cm³/mol. The molecule has 1 saturated heterocycles. The molecule has 2 aromatic heterocycles. The van der Waals surface area contributed by atoms with Gasteiger partial charge in [-0.15, -0.1) is 0 Å². The molecule has 23 heavy (non-hydrogen) atoms. The highest BCUT2D eigenvalue weighted by Crippen LogP contribution is 2.25. The average molecular weight is 364 g/mol. The summed E-state index contributed by atoms with van der Waals surface area (Å²) < 4.78 is 5.28. The second-order valence-electron chi connectivity index (χ2n) is 4.80. The number of halogens is 2. The fourth-order valence-corrected chi connectivity index (χ4v) is 2.56. The van der Waals surface area contributed by atoms with E-state index in [1.54, 1.807) is 0 Å². The van der Waals surface area contributed by atoms with Gasteiger partial charge in [0, 0.05) is 0 Å². The first kappa shape index (κ1) is 16.3. The zero-order chi connectivity index (χ0) is 16.7. The summed E-state index contributed by atoms with van der Waals surface area (Å²) in [6.07, 6.45) is -4.70. The van der Waals surface area contributed by atoms with Crippen molar-refractivity contribution in [2.24, 2.45) is 0 Å². The molecule has 124 valence electrons. The van der Waals surface area contributed by atoms with E-state index in [4.69, 9.17) is 33.0 Å². The maximum atomic E-state index is 11.8. The molecule has 3 heterocycles. The molecule has 0 amide bonds. The van der Waals surface area contributed by atoms with Gasteiger partial charge in [0.05, 0.1) is 6.61 Å². The molecule has 0 bridgehead atoms. The van der Waals surface area contributed by atoms with Gasteiger partial charge in [0.1, 0.15) is 23.8 Å². The summed E-state index contributed by atoms with van der Waals surface area (Å²) in [7, 11) is 0. The number of rotatable bonds is 3. The highest BCUT2D eigenvalue weighted by atomic mass is 35.5. The molecule has 0 radical (unpaired) electrons. The molecule has 2 aromatic rings. The Bertz CT molecular complexity index is 802. The van der Waals surface area contributed by atoms with Crippen LogP contribution >= 0.6 is 23.2 Å². The lowest BCUT2D eigenvalue weighted by Gasteiger charge is -2.17. The molecule has 4 atom stereocenters. The number of hydrogen-bond donors (Lipinski definition) is 5. The van der Waals surface area contributed by atoms with Crippen molar-refractivity contribution in [1.82, 2.24) is 19.9 Å². The first-order chi connectivity index (χ1) is 10.9. The second-order valence-corrected chi connectivity index (χ2v) is 5.49. The normalized spacial score (nSPS) is 27.5. The number of aliphatic hydroxyl groups is 3. The number of fused-ring (bicyclic) bond motifs is 1. The molecule has 12 heteroatoms. The van der Waals surface area contributed by atoms with Crippen LogP contribution in [0.25, 0.3) is 11.0 Å². The number of anilines is 1. The summed E-state index contributed by atoms with van der Waals surface area (Å²) >= 11 is 11.5. The molecule has 1 aliphatic heterocycles. The van der Waals surface area contributed by atoms with Crippen LogP contribution in [0.1, 0.15) is 0 Å². The molecule has 0 saturated carbocycles. The SMILES string of the molecule is O=c1[nH]c(Cl)nc2c(N[C@@H]3O[C@H](CO)[C@@H](O)[C@H]3O)nc(Cl)nc12. The van der Waals surface area contributed by atoms with E-state index in [-0.39, 0.29) is 27.4 Å². The number of H-pyrrole nitrogens is 1. The van der Waals surface area contributed by atoms with Gasteiger partial charge in [0.15, 0.2) is 17.6 Å². The molecule has 0 aliphatic carbocycles. The van der Waals surface area contributed by atoms with Gasteiger partial charge >= 0.3 is 0 Å². The fourth-order valence-electron chi connectivity index (χ4n) is 2.22. The molecule has 0 spiro atoms. The van der Waals surface area contributed by atoms with E-state index in [9.17, 15) is 15.0 Å². The van der Waals surface area contributed by atoms with Crippen LogP contribution in [0.15, 0.2) is 4.79 Å². The van der Waals surface area contributed by atoms with Gasteiger partial charge in [-0.3, -0.25) is 9.78 Å². The third-order valence-corrected chi connectivity index (χ3v) is 3.67. The number of aliphatic hydroxyl groups excluding tert-OH is 3. The second kappa shape index (κ2) is 6.15. The van der Waals surface area contributed by atoms with Crippen molar-refractivity contribution in [3.8, 4) is 0 Å². The van der Waals surface area contributed by atoms with Crippen molar-refractivity contribution in [2.45, 2.75) is 24.5 Å². The van der Waals surface area contributed by atoms with Crippen molar-refractivity contribution >= 4 is 40.1 Å². The fraction of sp³-hybridized carbons (Fsp3) is 0.455. The minimum Gasteiger partial charge on any atom is -0.394 e. The third kappa shape index (κ3) is 2.96. The summed E-state index contributed by atoms with van der Waals surface area (Å²) in [6.45, 7) is -0.481. The number of hydrogen-bond acceptors (Lipinski definition) is 9. The van der Waals surface area contributed by atoms with Gasteiger partial charge in [-0.2, -0.15) is 4.98 Å². The summed E-state index contributed by atoms with van der Waals surface area (Å²) in [4.78, 5) is 25.7. The van der Waals surface area contributed by atoms with E-state index in [0.29, 0.717) is 0 Å². The zero-order valence-corrected chi connectivity index (χ0v) is 12.8. The molecule has 5 N–H and O–H groups in total. The van der Waals surface area contributed by atoms with Crippen LogP contribution < -0.4 is 10.9 Å². The highest BCUT2D eigenvalue weighted by molar-refractivity contribution is 6.29. The largest absolute Gasteiger partial charge is 0.394 e. The van der Waals surface area contributed by atoms with Crippen molar-refractivity contribution < 1.29 is 20.1 Å². The van der Waals surface area contributed by atoms with Gasteiger partial charge in [-0.25, -0.2) is 9.97 Å². The standard InChI is InChI=1S/C11H11Cl2N5O5/c12-10-15-4-3(14-11(13)18-8(4)22)7(17-10)16-9-6(21)5(20)2(1-19)23-9/h2,5-6,9,19-21H,1H2,(H,14,18,22)(H,15,16,17)/t2-,5-,6-,9-/m1/s1. The highest BCUT2D eigenvalue weighted by Gasteiger charge is 2.42. The zero-order valence-electron chi connectivity index (χ0n) is 11.3. The smallest absolute Gasteiger partial charge is 0.278 e. The van der Waals surface area contributed by atoms with Crippen molar-refractivity contribution in [3.63, 3.8) is 0 Å². The average Bonchev–Trinajstić information content (AvgIpc) is 2.76. The molecular formula is C11H11Cl2N5O5. The quantitative estimate of drug-likeness (QED) is 0.426. The molecule has 1 aliphatic rings. The first-order valence-electron chi connectivity index (χ1n) is 6.42. The lowest BCUT2D eigenvalue weighted by molar-refractivity contribution is -0.0153. The van der Waals surface area contributed by atoms with Gasteiger partial charge in [0.25, 0.3) is 5.56 Å². The number of aromatic nitrogens is 4. The van der Waals surface area contributed by atoms with Crippen LogP contribution in [0, 0.1) is 0 Å². The number of aromatic amines is 1. The lowest BCUT2D eigenvalue weighted by Crippen LogP contribution is -2.36. The molecule has 0 unspecified atom stereocenters. The van der Waals surface area contributed by atoms with Crippen LogP contribution in [0.2, 0.25) is 10.6 Å². The van der Waals surface area contributed by atoms with E-state index in [1.807, 2.05) is 0 Å². The summed E-state index contributed by atoms with van der Waals surface area (Å²) in [6, 6.07) is 0. The minimum atomic E-state index is -1.34. The Morgan fingerprint density at radius 3 is 2.57 bits per heavy atom. The molecule has 0 aromatic carbocycles. The Kier molecular flexibility index (Phi) is 4.36. The number of nitrogens with one attached hydrogen (secondary N) is 2. The number of nitrogens with zero attached hydrogens (tertiary/aromatic N) is 3. The number of ether oxygens (including phenoxy) is 1. The molecule has 1 fully saturated rings. The Morgan fingerprint density at radius 2 is 1.91 bits per heavy atom. The minimum absolute atomic E-state index is 0.0113. The molecular weight excluding hydrogens is 353 g/mol. The van der Waals surface area contributed by atoms with Gasteiger partial charge in [-0.1, -0.05) is 0 Å². The van der Waals surface area contributed by atoms with Crippen LogP contribution in [0.4, 0.5) is 5.82 Å². The van der Waals surface area contributed by atoms with Crippen molar-refractivity contribution in [3.05, 3.63) is 20.9 Å². The van der Waals surface area contributed by atoms with Crippen LogP contribution in [-0.4, -0.2) is 66.4 Å². The van der Waals surface area contributed by atoms with Gasteiger partial charge < -0.3 is 25.4 Å². The Hall–Kier alpha value is -1.56. The first-order valence-corrected chi connectivity index (χ1v) is 7.18. The van der Waals surface area contributed by atoms with Crippen LogP contribution in [0.3, 0.4) is 0 Å². The topological polar surface area (TPSA) is 153 Å². The van der Waals surface area contributed by atoms with E-state index in [2.05, 4.69) is 25.3 Å². The summed E-state index contributed by atoms with van der Waals surface area (Å²) in [5, 5.41) is 31.0. The molecule has 3 rings (SSSR count). The third-order valence-electron chi connectivity index (χ3n) is 3.32. The molecule has 10 nitrogen and oxygen atoms in total. The Balaban J connectivity index is 2.02. The van der Waals surface area contributed by atoms with Gasteiger partial charge in [-0.05, 0) is 23.2 Å². The predicted octanol–water partition coefficient (Wildman–Crippen LogP) is -1.13. The van der Waals surface area contributed by atoms with E-state index in [1.165, 1.54) is 0 Å². The van der Waals surface area contributed by atoms with E-state index in [0.717, 1.165) is 0 Å². The van der Waals surface area contributed by atoms with Crippen LogP contribution in [-0.2, 0) is 4.74 Å². The summed E-state index contributed by atoms with van der Waals surface area (Å²) in [5.41, 5.74) is -0.710. The van der Waals surface area contributed by atoms with E-state index < -0.39 is 36.7 Å². The van der Waals surface area contributed by atoms with Gasteiger partial charge in [0.2, 0.25) is 10.6 Å². The summed E-state index contributed by atoms with van der Waals surface area (Å²) in [5.74, 6) is -0.0113. The lowest BCUT2D eigenvalue weighted by atomic mass is 10.1. The monoisotopic (exact) mass is 363 g/mol. The van der Waals surface area contributed by atoms with Crippen LogP contribution in [0.5, 0.6) is 0 Å². The maximum absolute atomic E-state index is 11.8. The van der Waals surface area contributed by atoms with Crippen molar-refractivity contribution in [2.75, 3.05) is 11.9 Å². The van der Waals surface area contributed by atoms with E-state index >= 15 is 0 Å².